The Morgan fingerprint density at radius 1 is 1.13 bits per heavy atom. The van der Waals surface area contributed by atoms with Crippen molar-refractivity contribution in [3.8, 4) is 17.3 Å². The van der Waals surface area contributed by atoms with Gasteiger partial charge in [0, 0.05) is 19.1 Å². The molecule has 1 atom stereocenters. The van der Waals surface area contributed by atoms with E-state index in [2.05, 4.69) is 17.9 Å². The molecule has 2 aromatic carbocycles. The first-order chi connectivity index (χ1) is 14.5. The minimum absolute atomic E-state index is 0.309. The van der Waals surface area contributed by atoms with Gasteiger partial charge in [-0.25, -0.2) is 4.68 Å². The summed E-state index contributed by atoms with van der Waals surface area (Å²) in [5.41, 5.74) is 4.16. The molecule has 0 spiro atoms. The molecule has 1 fully saturated rings. The number of aromatic nitrogens is 2. The Labute approximate surface area is 178 Å². The molecule has 0 amide bonds. The van der Waals surface area contributed by atoms with E-state index in [1.807, 2.05) is 67.1 Å². The maximum absolute atomic E-state index is 10.3. The Bertz CT molecular complexity index is 979. The number of ether oxygens (including phenoxy) is 1. The van der Waals surface area contributed by atoms with Crippen molar-refractivity contribution < 1.29 is 9.84 Å². The first-order valence-electron chi connectivity index (χ1n) is 10.9. The third-order valence-electron chi connectivity index (χ3n) is 5.68. The lowest BCUT2D eigenvalue weighted by Crippen LogP contribution is -2.33. The number of aliphatic hydroxyl groups excluding tert-OH is 1. The summed E-state index contributed by atoms with van der Waals surface area (Å²) in [5, 5.41) is 15.1. The lowest BCUT2D eigenvalue weighted by Gasteiger charge is -2.25. The van der Waals surface area contributed by atoms with Gasteiger partial charge in [-0.1, -0.05) is 37.3 Å². The third-order valence-corrected chi connectivity index (χ3v) is 5.68. The highest BCUT2D eigenvalue weighted by atomic mass is 16.5. The van der Waals surface area contributed by atoms with Crippen molar-refractivity contribution in [3.63, 3.8) is 0 Å². The quantitative estimate of drug-likeness (QED) is 0.543. The van der Waals surface area contributed by atoms with E-state index < -0.39 is 0 Å². The lowest BCUT2D eigenvalue weighted by atomic mass is 10.2. The molecule has 1 heterocycles. The van der Waals surface area contributed by atoms with E-state index in [9.17, 15) is 5.11 Å². The van der Waals surface area contributed by atoms with Crippen molar-refractivity contribution in [3.05, 3.63) is 71.4 Å². The predicted molar refractivity (Wildman–Crippen MR) is 119 cm³/mol. The van der Waals surface area contributed by atoms with Crippen LogP contribution in [0.1, 0.15) is 43.0 Å². The molecule has 4 rings (SSSR count). The van der Waals surface area contributed by atoms with E-state index >= 15 is 0 Å². The lowest BCUT2D eigenvalue weighted by molar-refractivity contribution is 0.100. The van der Waals surface area contributed by atoms with Crippen LogP contribution in [0.15, 0.2) is 54.6 Å². The molecule has 0 saturated heterocycles. The van der Waals surface area contributed by atoms with Gasteiger partial charge in [0.1, 0.15) is 5.75 Å². The topological polar surface area (TPSA) is 50.5 Å². The van der Waals surface area contributed by atoms with Gasteiger partial charge in [0.05, 0.1) is 23.0 Å². The molecule has 0 radical (unpaired) electrons. The largest absolute Gasteiger partial charge is 0.439 e. The fraction of sp³-hybridized carbons (Fsp3) is 0.400. The predicted octanol–water partition coefficient (Wildman–Crippen LogP) is 5.02. The molecule has 0 bridgehead atoms. The average Bonchev–Trinajstić information content (AvgIpc) is 3.55. The van der Waals surface area contributed by atoms with Crippen LogP contribution < -0.4 is 4.74 Å². The zero-order valence-corrected chi connectivity index (χ0v) is 18.1. The van der Waals surface area contributed by atoms with Crippen molar-refractivity contribution in [1.82, 2.24) is 14.7 Å². The molecule has 1 aliphatic carbocycles. The molecule has 1 aliphatic rings. The van der Waals surface area contributed by atoms with Gasteiger partial charge in [-0.3, -0.25) is 4.90 Å². The second kappa shape index (κ2) is 9.02. The fourth-order valence-corrected chi connectivity index (χ4v) is 3.75. The molecule has 0 aliphatic heterocycles. The van der Waals surface area contributed by atoms with Gasteiger partial charge < -0.3 is 9.84 Å². The highest BCUT2D eigenvalue weighted by Crippen LogP contribution is 2.35. The SMILES string of the molecule is CC[C@H](O)CN(Cc1c(C)nn(-c2ccccc2)c1Oc1cccc(C)c1)C1CC1. The molecule has 1 aromatic heterocycles. The second-order valence-electron chi connectivity index (χ2n) is 8.26. The van der Waals surface area contributed by atoms with Crippen LogP contribution >= 0.6 is 0 Å². The Kier molecular flexibility index (Phi) is 6.21. The van der Waals surface area contributed by atoms with Crippen LogP contribution in [0.3, 0.4) is 0 Å². The molecular weight excluding hydrogens is 374 g/mol. The maximum Gasteiger partial charge on any atom is 0.227 e. The van der Waals surface area contributed by atoms with Crippen molar-refractivity contribution >= 4 is 0 Å². The number of rotatable bonds is 9. The van der Waals surface area contributed by atoms with Crippen molar-refractivity contribution in [1.29, 1.82) is 0 Å². The summed E-state index contributed by atoms with van der Waals surface area (Å²) >= 11 is 0. The summed E-state index contributed by atoms with van der Waals surface area (Å²) in [6.45, 7) is 7.54. The maximum atomic E-state index is 10.3. The first-order valence-corrected chi connectivity index (χ1v) is 10.9. The molecule has 158 valence electrons. The van der Waals surface area contributed by atoms with E-state index in [-0.39, 0.29) is 6.10 Å². The van der Waals surface area contributed by atoms with Crippen molar-refractivity contribution in [2.75, 3.05) is 6.54 Å². The van der Waals surface area contributed by atoms with Crippen LogP contribution in [-0.2, 0) is 6.54 Å². The van der Waals surface area contributed by atoms with Gasteiger partial charge in [-0.05, 0) is 62.9 Å². The number of aliphatic hydroxyl groups is 1. The molecule has 3 aromatic rings. The third kappa shape index (κ3) is 4.74. The van der Waals surface area contributed by atoms with Crippen LogP contribution in [-0.4, -0.2) is 38.5 Å². The second-order valence-corrected chi connectivity index (χ2v) is 8.26. The van der Waals surface area contributed by atoms with Gasteiger partial charge in [0.2, 0.25) is 5.88 Å². The van der Waals surface area contributed by atoms with Crippen molar-refractivity contribution in [2.45, 2.75) is 58.7 Å². The summed E-state index contributed by atoms with van der Waals surface area (Å²) in [5.74, 6) is 1.56. The summed E-state index contributed by atoms with van der Waals surface area (Å²) in [7, 11) is 0. The van der Waals surface area contributed by atoms with Gasteiger partial charge in [-0.15, -0.1) is 0 Å². The Morgan fingerprint density at radius 2 is 1.90 bits per heavy atom. The van der Waals surface area contributed by atoms with Gasteiger partial charge in [0.15, 0.2) is 0 Å². The van der Waals surface area contributed by atoms with Gasteiger partial charge in [0.25, 0.3) is 0 Å². The summed E-state index contributed by atoms with van der Waals surface area (Å²) in [4.78, 5) is 2.39. The number of hydrogen-bond donors (Lipinski definition) is 1. The summed E-state index contributed by atoms with van der Waals surface area (Å²) in [6.07, 6.45) is 2.83. The molecule has 5 heteroatoms. The Hall–Kier alpha value is -2.63. The molecule has 5 nitrogen and oxygen atoms in total. The van der Waals surface area contributed by atoms with E-state index in [1.54, 1.807) is 0 Å². The first kappa shape index (κ1) is 20.6. The average molecular weight is 406 g/mol. The standard InChI is InChI=1S/C25H31N3O2/c1-4-22(29)16-27(20-13-14-20)17-24-19(3)26-28(21-10-6-5-7-11-21)25(24)30-23-12-8-9-18(2)15-23/h5-12,15,20,22,29H,4,13-14,16-17H2,1-3H3/t22-/m0/s1. The Balaban J connectivity index is 1.72. The van der Waals surface area contributed by atoms with E-state index in [1.165, 1.54) is 12.8 Å². The number of hydrogen-bond acceptors (Lipinski definition) is 4. The molecular formula is C25H31N3O2. The highest BCUT2D eigenvalue weighted by Gasteiger charge is 2.32. The summed E-state index contributed by atoms with van der Waals surface area (Å²) < 4.78 is 8.34. The van der Waals surface area contributed by atoms with E-state index in [0.717, 1.165) is 47.1 Å². The highest BCUT2D eigenvalue weighted by molar-refractivity contribution is 5.43. The van der Waals surface area contributed by atoms with Crippen LogP contribution in [0.25, 0.3) is 5.69 Å². The zero-order valence-electron chi connectivity index (χ0n) is 18.1. The smallest absolute Gasteiger partial charge is 0.227 e. The van der Waals surface area contributed by atoms with Crippen LogP contribution in [0, 0.1) is 13.8 Å². The number of nitrogens with zero attached hydrogens (tertiary/aromatic N) is 3. The minimum Gasteiger partial charge on any atom is -0.439 e. The number of benzene rings is 2. The molecule has 1 N–H and O–H groups in total. The molecule has 30 heavy (non-hydrogen) atoms. The number of aryl methyl sites for hydroxylation is 2. The van der Waals surface area contributed by atoms with Crippen molar-refractivity contribution in [2.24, 2.45) is 0 Å². The van der Waals surface area contributed by atoms with Crippen LogP contribution in [0.5, 0.6) is 11.6 Å². The molecule has 0 unspecified atom stereocenters. The van der Waals surface area contributed by atoms with Crippen LogP contribution in [0.2, 0.25) is 0 Å². The Morgan fingerprint density at radius 3 is 2.57 bits per heavy atom. The van der Waals surface area contributed by atoms with Gasteiger partial charge >= 0.3 is 0 Å². The van der Waals surface area contributed by atoms with Crippen LogP contribution in [0.4, 0.5) is 0 Å². The fourth-order valence-electron chi connectivity index (χ4n) is 3.75. The summed E-state index contributed by atoms with van der Waals surface area (Å²) in [6, 6.07) is 18.7. The zero-order chi connectivity index (χ0) is 21.1. The monoisotopic (exact) mass is 405 g/mol. The van der Waals surface area contributed by atoms with E-state index in [0.29, 0.717) is 12.6 Å². The normalized spacial score (nSPS) is 14.8. The number of para-hydroxylation sites is 1. The minimum atomic E-state index is -0.309. The van der Waals surface area contributed by atoms with Gasteiger partial charge in [-0.2, -0.15) is 5.10 Å². The van der Waals surface area contributed by atoms with E-state index in [4.69, 9.17) is 9.84 Å². The molecule has 1 saturated carbocycles.